The maximum atomic E-state index is 13.4. The summed E-state index contributed by atoms with van der Waals surface area (Å²) in [6, 6.07) is 11.0. The second-order valence-electron chi connectivity index (χ2n) is 9.16. The highest BCUT2D eigenvalue weighted by Crippen LogP contribution is 2.13. The number of carbonyl (C=O) groups excluding carboxylic acids is 3. The molecule has 2 aromatic carbocycles. The Kier molecular flexibility index (Phi) is 11.1. The fourth-order valence-corrected chi connectivity index (χ4v) is 3.56. The first-order chi connectivity index (χ1) is 17.5. The van der Waals surface area contributed by atoms with Crippen LogP contribution in [0.25, 0.3) is 0 Å². The fourth-order valence-electron chi connectivity index (χ4n) is 3.56. The number of hydrogen-bond donors (Lipinski definition) is 6. The normalized spacial score (nSPS) is 14.9. The molecule has 2 aromatic rings. The number of amides is 3. The largest absolute Gasteiger partial charge is 0.508 e. The van der Waals surface area contributed by atoms with E-state index in [1.54, 1.807) is 12.1 Å². The summed E-state index contributed by atoms with van der Waals surface area (Å²) in [5.74, 6) is -3.09. The average Bonchev–Trinajstić information content (AvgIpc) is 2.88. The van der Waals surface area contributed by atoms with Crippen LogP contribution in [0, 0.1) is 5.92 Å². The molecule has 3 amide bonds. The van der Waals surface area contributed by atoms with Gasteiger partial charge in [-0.1, -0.05) is 62.7 Å². The standard InChI is InChI=1S/C27H36N4O6/c1-4-16(2)23(28)26(35)31-22(14-18-8-6-5-7-9-18)25(34)30-21(24(33)29-17(3)27(36)37)15-19-10-12-20(32)13-11-19/h5-13,16-17,21-23,32H,4,14-15,28H2,1-3H3,(H,29,33)(H,30,34)(H,31,35)(H,36,37). The van der Waals surface area contributed by atoms with E-state index >= 15 is 0 Å². The lowest BCUT2D eigenvalue weighted by Gasteiger charge is -2.26. The molecule has 0 saturated carbocycles. The molecule has 0 spiro atoms. The lowest BCUT2D eigenvalue weighted by Crippen LogP contribution is -2.58. The zero-order valence-corrected chi connectivity index (χ0v) is 21.3. The first-order valence-electron chi connectivity index (χ1n) is 12.2. The van der Waals surface area contributed by atoms with E-state index < -0.39 is 47.9 Å². The van der Waals surface area contributed by atoms with Gasteiger partial charge in [-0.2, -0.15) is 0 Å². The van der Waals surface area contributed by atoms with E-state index in [2.05, 4.69) is 16.0 Å². The Bertz CT molecular complexity index is 1060. The van der Waals surface area contributed by atoms with Gasteiger partial charge in [0.25, 0.3) is 0 Å². The van der Waals surface area contributed by atoms with Gasteiger partial charge in [0.1, 0.15) is 23.9 Å². The Morgan fingerprint density at radius 3 is 1.78 bits per heavy atom. The van der Waals surface area contributed by atoms with Gasteiger partial charge in [-0.25, -0.2) is 0 Å². The molecule has 0 bridgehead atoms. The van der Waals surface area contributed by atoms with Crippen molar-refractivity contribution < 1.29 is 29.4 Å². The van der Waals surface area contributed by atoms with Crippen LogP contribution in [-0.2, 0) is 32.0 Å². The third kappa shape index (κ3) is 9.23. The smallest absolute Gasteiger partial charge is 0.325 e. The van der Waals surface area contributed by atoms with Gasteiger partial charge >= 0.3 is 5.97 Å². The molecule has 0 saturated heterocycles. The highest BCUT2D eigenvalue weighted by molar-refractivity contribution is 5.94. The van der Waals surface area contributed by atoms with E-state index in [-0.39, 0.29) is 24.5 Å². The summed E-state index contributed by atoms with van der Waals surface area (Å²) >= 11 is 0. The number of aromatic hydroxyl groups is 1. The SMILES string of the molecule is CCC(C)C(N)C(=O)NC(Cc1ccccc1)C(=O)NC(Cc1ccc(O)cc1)C(=O)NC(C)C(=O)O. The van der Waals surface area contributed by atoms with Crippen LogP contribution in [0.15, 0.2) is 54.6 Å². The number of nitrogens with one attached hydrogen (secondary N) is 3. The van der Waals surface area contributed by atoms with Crippen molar-refractivity contribution in [2.75, 3.05) is 0 Å². The lowest BCUT2D eigenvalue weighted by atomic mass is 9.98. The second-order valence-corrected chi connectivity index (χ2v) is 9.16. The number of benzene rings is 2. The van der Waals surface area contributed by atoms with Crippen LogP contribution in [0.5, 0.6) is 5.75 Å². The molecule has 7 N–H and O–H groups in total. The molecule has 10 heteroatoms. The number of phenolic OH excluding ortho intramolecular Hbond substituents is 1. The maximum Gasteiger partial charge on any atom is 0.325 e. The molecule has 5 unspecified atom stereocenters. The van der Waals surface area contributed by atoms with Crippen LogP contribution in [0.1, 0.15) is 38.3 Å². The second kappa shape index (κ2) is 14.0. The summed E-state index contributed by atoms with van der Waals surface area (Å²) in [7, 11) is 0. The molecular formula is C27H36N4O6. The highest BCUT2D eigenvalue weighted by Gasteiger charge is 2.30. The molecule has 37 heavy (non-hydrogen) atoms. The Labute approximate surface area is 216 Å². The first-order valence-corrected chi connectivity index (χ1v) is 12.2. The van der Waals surface area contributed by atoms with Crippen molar-refractivity contribution in [1.82, 2.24) is 16.0 Å². The van der Waals surface area contributed by atoms with Crippen LogP contribution >= 0.6 is 0 Å². The van der Waals surface area contributed by atoms with Crippen LogP contribution in [0.2, 0.25) is 0 Å². The van der Waals surface area contributed by atoms with Gasteiger partial charge in [-0.3, -0.25) is 19.2 Å². The molecule has 200 valence electrons. The minimum atomic E-state index is -1.23. The minimum absolute atomic E-state index is 0.0303. The average molecular weight is 513 g/mol. The third-order valence-corrected chi connectivity index (χ3v) is 6.21. The van der Waals surface area contributed by atoms with Crippen LogP contribution < -0.4 is 21.7 Å². The van der Waals surface area contributed by atoms with E-state index in [9.17, 15) is 29.4 Å². The number of hydrogen-bond acceptors (Lipinski definition) is 6. The van der Waals surface area contributed by atoms with Crippen molar-refractivity contribution in [3.8, 4) is 5.75 Å². The monoisotopic (exact) mass is 512 g/mol. The lowest BCUT2D eigenvalue weighted by molar-refractivity contribution is -0.141. The number of carbonyl (C=O) groups is 4. The number of phenols is 1. The zero-order chi connectivity index (χ0) is 27.5. The number of nitrogens with two attached hydrogens (primary N) is 1. The van der Waals surface area contributed by atoms with Crippen molar-refractivity contribution in [2.24, 2.45) is 11.7 Å². The summed E-state index contributed by atoms with van der Waals surface area (Å²) < 4.78 is 0. The van der Waals surface area contributed by atoms with Gasteiger partial charge in [0.2, 0.25) is 17.7 Å². The number of carboxylic acid groups (broad SMARTS) is 1. The number of rotatable bonds is 13. The van der Waals surface area contributed by atoms with Gasteiger partial charge in [0, 0.05) is 12.8 Å². The summed E-state index contributed by atoms with van der Waals surface area (Å²) in [4.78, 5) is 50.5. The Balaban J connectivity index is 2.29. The van der Waals surface area contributed by atoms with Crippen molar-refractivity contribution in [3.05, 3.63) is 65.7 Å². The molecular weight excluding hydrogens is 476 g/mol. The Morgan fingerprint density at radius 2 is 1.27 bits per heavy atom. The van der Waals surface area contributed by atoms with E-state index in [0.717, 1.165) is 5.56 Å². The van der Waals surface area contributed by atoms with Gasteiger partial charge in [-0.05, 0) is 36.1 Å². The molecule has 0 aliphatic heterocycles. The molecule has 2 rings (SSSR count). The first kappa shape index (κ1) is 29.3. The maximum absolute atomic E-state index is 13.4. The molecule has 0 aliphatic carbocycles. The summed E-state index contributed by atoms with van der Waals surface area (Å²) in [6.07, 6.45) is 0.869. The summed E-state index contributed by atoms with van der Waals surface area (Å²) in [5.41, 5.74) is 7.50. The Hall–Kier alpha value is -3.92. The molecule has 0 fully saturated rings. The number of aliphatic carboxylic acids is 1. The van der Waals surface area contributed by atoms with Gasteiger partial charge in [0.15, 0.2) is 0 Å². The minimum Gasteiger partial charge on any atom is -0.508 e. The third-order valence-electron chi connectivity index (χ3n) is 6.21. The van der Waals surface area contributed by atoms with Gasteiger partial charge in [0.05, 0.1) is 6.04 Å². The quantitative estimate of drug-likeness (QED) is 0.233. The fraction of sp³-hybridized carbons (Fsp3) is 0.407. The molecule has 5 atom stereocenters. The van der Waals surface area contributed by atoms with E-state index in [4.69, 9.17) is 5.73 Å². The molecule has 10 nitrogen and oxygen atoms in total. The Morgan fingerprint density at radius 1 is 0.784 bits per heavy atom. The molecule has 0 aliphatic rings. The molecule has 0 aromatic heterocycles. The van der Waals surface area contributed by atoms with Crippen LogP contribution in [0.3, 0.4) is 0 Å². The number of carboxylic acids is 1. The van der Waals surface area contributed by atoms with Gasteiger partial charge < -0.3 is 31.9 Å². The molecule has 0 heterocycles. The van der Waals surface area contributed by atoms with E-state index in [0.29, 0.717) is 12.0 Å². The van der Waals surface area contributed by atoms with Crippen molar-refractivity contribution >= 4 is 23.7 Å². The predicted octanol–water partition coefficient (Wildman–Crippen LogP) is 1.11. The molecule has 0 radical (unpaired) electrons. The van der Waals surface area contributed by atoms with Gasteiger partial charge in [-0.15, -0.1) is 0 Å². The highest BCUT2D eigenvalue weighted by atomic mass is 16.4. The van der Waals surface area contributed by atoms with E-state index in [1.165, 1.54) is 19.1 Å². The van der Waals surface area contributed by atoms with Crippen molar-refractivity contribution in [3.63, 3.8) is 0 Å². The topological polar surface area (TPSA) is 171 Å². The predicted molar refractivity (Wildman–Crippen MR) is 138 cm³/mol. The van der Waals surface area contributed by atoms with Crippen LogP contribution in [-0.4, -0.2) is 58.1 Å². The summed E-state index contributed by atoms with van der Waals surface area (Å²) in [6.45, 7) is 5.07. The van der Waals surface area contributed by atoms with Crippen molar-refractivity contribution in [1.29, 1.82) is 0 Å². The van der Waals surface area contributed by atoms with Crippen LogP contribution in [0.4, 0.5) is 0 Å². The zero-order valence-electron chi connectivity index (χ0n) is 21.3. The van der Waals surface area contributed by atoms with E-state index in [1.807, 2.05) is 44.2 Å². The summed E-state index contributed by atoms with van der Waals surface area (Å²) in [5, 5.41) is 26.5. The van der Waals surface area contributed by atoms with Crippen molar-refractivity contribution in [2.45, 2.75) is 64.2 Å².